The van der Waals surface area contributed by atoms with E-state index < -0.39 is 0 Å². The van der Waals surface area contributed by atoms with E-state index in [2.05, 4.69) is 46.3 Å². The topological polar surface area (TPSA) is 3.24 Å². The summed E-state index contributed by atoms with van der Waals surface area (Å²) >= 11 is 8.82. The Bertz CT molecular complexity index is 549. The number of hydrogen-bond acceptors (Lipinski definition) is 1. The molecule has 1 nitrogen and oxygen atoms in total. The van der Waals surface area contributed by atoms with E-state index in [4.69, 9.17) is 12.2 Å². The highest BCUT2D eigenvalue weighted by Crippen LogP contribution is 2.21. The smallest absolute Gasteiger partial charge is 0.108 e. The SMILES string of the molecule is CN(C)C(=S)c1ccc2cc(Br)ccc2c1. The predicted molar refractivity (Wildman–Crippen MR) is 77.0 cm³/mol. The molecule has 0 radical (unpaired) electrons. The molecular weight excluding hydrogens is 282 g/mol. The lowest BCUT2D eigenvalue weighted by Crippen LogP contribution is -2.20. The number of benzene rings is 2. The first-order chi connectivity index (χ1) is 7.58. The maximum absolute atomic E-state index is 5.35. The van der Waals surface area contributed by atoms with Gasteiger partial charge >= 0.3 is 0 Å². The Balaban J connectivity index is 2.52. The molecule has 0 unspecified atom stereocenters. The first-order valence-corrected chi connectivity index (χ1v) is 6.19. The van der Waals surface area contributed by atoms with Gasteiger partial charge in [0.05, 0.1) is 0 Å². The van der Waals surface area contributed by atoms with Gasteiger partial charge in [-0.05, 0) is 29.0 Å². The van der Waals surface area contributed by atoms with Crippen molar-refractivity contribution in [2.45, 2.75) is 0 Å². The van der Waals surface area contributed by atoms with E-state index >= 15 is 0 Å². The molecule has 0 N–H and O–H groups in total. The van der Waals surface area contributed by atoms with Crippen molar-refractivity contribution in [3.8, 4) is 0 Å². The molecule has 0 saturated heterocycles. The van der Waals surface area contributed by atoms with Gasteiger partial charge in [0.2, 0.25) is 0 Å². The van der Waals surface area contributed by atoms with Crippen LogP contribution in [0.2, 0.25) is 0 Å². The second-order valence-corrected chi connectivity index (χ2v) is 5.21. The van der Waals surface area contributed by atoms with Gasteiger partial charge in [0.1, 0.15) is 4.99 Å². The minimum absolute atomic E-state index is 0.866. The molecule has 3 heteroatoms. The zero-order valence-corrected chi connectivity index (χ0v) is 11.6. The van der Waals surface area contributed by atoms with Gasteiger partial charge in [0.25, 0.3) is 0 Å². The molecule has 0 saturated carbocycles. The van der Waals surface area contributed by atoms with Crippen LogP contribution in [0.5, 0.6) is 0 Å². The van der Waals surface area contributed by atoms with Gasteiger partial charge in [0.15, 0.2) is 0 Å². The zero-order valence-electron chi connectivity index (χ0n) is 9.20. The molecule has 0 heterocycles. The van der Waals surface area contributed by atoms with Gasteiger partial charge in [-0.3, -0.25) is 0 Å². The van der Waals surface area contributed by atoms with Gasteiger partial charge in [-0.2, -0.15) is 0 Å². The maximum atomic E-state index is 5.35. The summed E-state index contributed by atoms with van der Waals surface area (Å²) in [4.78, 5) is 2.82. The minimum atomic E-state index is 0.866. The van der Waals surface area contributed by atoms with Gasteiger partial charge < -0.3 is 4.90 Å². The van der Waals surface area contributed by atoms with E-state index in [1.54, 1.807) is 0 Å². The molecule has 0 aliphatic rings. The molecule has 82 valence electrons. The molecule has 0 spiro atoms. The molecule has 0 aliphatic heterocycles. The highest BCUT2D eigenvalue weighted by atomic mass is 79.9. The third kappa shape index (κ3) is 2.25. The molecular formula is C13H12BrNS. The lowest BCUT2D eigenvalue weighted by Gasteiger charge is -2.14. The zero-order chi connectivity index (χ0) is 11.7. The van der Waals surface area contributed by atoms with E-state index in [0.29, 0.717) is 0 Å². The number of rotatable bonds is 1. The Morgan fingerprint density at radius 1 is 1.06 bits per heavy atom. The first-order valence-electron chi connectivity index (χ1n) is 4.99. The van der Waals surface area contributed by atoms with Crippen LogP contribution in [0.1, 0.15) is 5.56 Å². The maximum Gasteiger partial charge on any atom is 0.108 e. The summed E-state index contributed by atoms with van der Waals surface area (Å²) in [5.74, 6) is 0. The van der Waals surface area contributed by atoms with E-state index in [9.17, 15) is 0 Å². The summed E-state index contributed by atoms with van der Waals surface area (Å²) in [7, 11) is 3.93. The van der Waals surface area contributed by atoms with Gasteiger partial charge in [-0.15, -0.1) is 0 Å². The Morgan fingerprint density at radius 3 is 2.38 bits per heavy atom. The lowest BCUT2D eigenvalue weighted by molar-refractivity contribution is 0.637. The standard InChI is InChI=1S/C13H12BrNS/c1-15(2)13(16)11-4-3-10-8-12(14)6-5-9(10)7-11/h3-8H,1-2H3. The number of thiocarbonyl (C=S) groups is 1. The van der Waals surface area contributed by atoms with Crippen molar-refractivity contribution in [2.75, 3.05) is 14.1 Å². The average Bonchev–Trinajstić information content (AvgIpc) is 2.27. The van der Waals surface area contributed by atoms with Crippen LogP contribution in [0.3, 0.4) is 0 Å². The largest absolute Gasteiger partial charge is 0.368 e. The Kier molecular flexibility index (Phi) is 3.26. The summed E-state index contributed by atoms with van der Waals surface area (Å²) < 4.78 is 1.10. The quantitative estimate of drug-likeness (QED) is 0.735. The van der Waals surface area contributed by atoms with E-state index in [-0.39, 0.29) is 0 Å². The van der Waals surface area contributed by atoms with Crippen molar-refractivity contribution in [3.63, 3.8) is 0 Å². The highest BCUT2D eigenvalue weighted by Gasteiger charge is 2.04. The molecule has 2 aromatic carbocycles. The van der Waals surface area contributed by atoms with Crippen molar-refractivity contribution in [1.29, 1.82) is 0 Å². The third-order valence-corrected chi connectivity index (χ3v) is 3.55. The van der Waals surface area contributed by atoms with Crippen LogP contribution in [0.15, 0.2) is 40.9 Å². The summed E-state index contributed by atoms with van der Waals surface area (Å²) in [5.41, 5.74) is 1.09. The average molecular weight is 294 g/mol. The van der Waals surface area contributed by atoms with Gasteiger partial charge in [0, 0.05) is 24.1 Å². The van der Waals surface area contributed by atoms with Crippen molar-refractivity contribution in [2.24, 2.45) is 0 Å². The molecule has 0 bridgehead atoms. The summed E-state index contributed by atoms with van der Waals surface area (Å²) in [6.07, 6.45) is 0. The third-order valence-electron chi connectivity index (χ3n) is 2.46. The second kappa shape index (κ2) is 4.52. The van der Waals surface area contributed by atoms with Crippen LogP contribution in [0.25, 0.3) is 10.8 Å². The number of hydrogen-bond donors (Lipinski definition) is 0. The number of nitrogens with zero attached hydrogens (tertiary/aromatic N) is 1. The van der Waals surface area contributed by atoms with E-state index in [1.165, 1.54) is 10.8 Å². The van der Waals surface area contributed by atoms with E-state index in [1.807, 2.05) is 25.1 Å². The van der Waals surface area contributed by atoms with Crippen LogP contribution in [0.4, 0.5) is 0 Å². The fourth-order valence-electron chi connectivity index (χ4n) is 1.61. The van der Waals surface area contributed by atoms with Crippen molar-refractivity contribution in [3.05, 3.63) is 46.4 Å². The van der Waals surface area contributed by atoms with E-state index in [0.717, 1.165) is 15.0 Å². The monoisotopic (exact) mass is 293 g/mol. The first kappa shape index (κ1) is 11.6. The Hall–Kier alpha value is -0.930. The molecule has 0 atom stereocenters. The van der Waals surface area contributed by atoms with Crippen LogP contribution in [0, 0.1) is 0 Å². The summed E-state index contributed by atoms with van der Waals surface area (Å²) in [6, 6.07) is 12.6. The van der Waals surface area contributed by atoms with Crippen LogP contribution in [-0.4, -0.2) is 24.0 Å². The molecule has 2 rings (SSSR count). The van der Waals surface area contributed by atoms with Gasteiger partial charge in [-0.25, -0.2) is 0 Å². The van der Waals surface area contributed by atoms with Crippen molar-refractivity contribution in [1.82, 2.24) is 4.90 Å². The fourth-order valence-corrected chi connectivity index (χ4v) is 2.11. The summed E-state index contributed by atoms with van der Waals surface area (Å²) in [6.45, 7) is 0. The number of fused-ring (bicyclic) bond motifs is 1. The van der Waals surface area contributed by atoms with Crippen molar-refractivity contribution >= 4 is 43.9 Å². The minimum Gasteiger partial charge on any atom is -0.368 e. The molecule has 2 aromatic rings. The Labute approximate surface area is 109 Å². The van der Waals surface area contributed by atoms with Crippen LogP contribution in [-0.2, 0) is 0 Å². The normalized spacial score (nSPS) is 10.4. The molecule has 0 aromatic heterocycles. The molecule has 0 amide bonds. The molecule has 16 heavy (non-hydrogen) atoms. The highest BCUT2D eigenvalue weighted by molar-refractivity contribution is 9.10. The van der Waals surface area contributed by atoms with Crippen LogP contribution < -0.4 is 0 Å². The lowest BCUT2D eigenvalue weighted by atomic mass is 10.1. The van der Waals surface area contributed by atoms with Gasteiger partial charge in [-0.1, -0.05) is 46.3 Å². The van der Waals surface area contributed by atoms with Crippen molar-refractivity contribution < 1.29 is 0 Å². The Morgan fingerprint density at radius 2 is 1.69 bits per heavy atom. The molecule has 0 fully saturated rings. The fraction of sp³-hybridized carbons (Fsp3) is 0.154. The summed E-state index contributed by atoms with van der Waals surface area (Å²) in [5, 5.41) is 2.43. The predicted octanol–water partition coefficient (Wildman–Crippen LogP) is 3.84. The molecule has 0 aliphatic carbocycles. The van der Waals surface area contributed by atoms with Crippen LogP contribution >= 0.6 is 28.1 Å². The number of halogens is 1. The second-order valence-electron chi connectivity index (χ2n) is 3.91.